The third-order valence-corrected chi connectivity index (χ3v) is 2.90. The lowest BCUT2D eigenvalue weighted by atomic mass is 9.79. The van der Waals surface area contributed by atoms with Gasteiger partial charge in [-0.1, -0.05) is 26.0 Å². The van der Waals surface area contributed by atoms with Crippen molar-refractivity contribution in [3.8, 4) is 0 Å². The number of nitrogen functional groups attached to an aromatic ring is 1. The predicted octanol–water partition coefficient (Wildman–Crippen LogP) is 2.20. The van der Waals surface area contributed by atoms with Crippen molar-refractivity contribution in [1.29, 1.82) is 0 Å². The molecule has 1 aromatic carbocycles. The van der Waals surface area contributed by atoms with E-state index in [2.05, 4.69) is 0 Å². The van der Waals surface area contributed by atoms with Crippen LogP contribution in [0.5, 0.6) is 0 Å². The Morgan fingerprint density at radius 2 is 1.94 bits per heavy atom. The second-order valence-electron chi connectivity index (χ2n) is 4.50. The highest BCUT2D eigenvalue weighted by molar-refractivity contribution is 6.62. The van der Waals surface area contributed by atoms with E-state index in [9.17, 15) is 0 Å². The lowest BCUT2D eigenvalue weighted by Crippen LogP contribution is -2.34. The van der Waals surface area contributed by atoms with E-state index in [0.29, 0.717) is 0 Å². The zero-order valence-electron chi connectivity index (χ0n) is 11.4. The van der Waals surface area contributed by atoms with Crippen LogP contribution in [0.1, 0.15) is 34.6 Å². The Labute approximate surface area is 104 Å². The molecule has 0 aliphatic carbocycles. The summed E-state index contributed by atoms with van der Waals surface area (Å²) in [5.41, 5.74) is 7.19. The largest absolute Gasteiger partial charge is 0.494 e. The lowest BCUT2D eigenvalue weighted by Gasteiger charge is -2.21. The lowest BCUT2D eigenvalue weighted by molar-refractivity contribution is 0.0842. The van der Waals surface area contributed by atoms with Crippen LogP contribution in [-0.4, -0.2) is 18.8 Å². The number of benzene rings is 1. The molecule has 1 fully saturated rings. The van der Waals surface area contributed by atoms with Gasteiger partial charge in [-0.25, -0.2) is 0 Å². The van der Waals surface area contributed by atoms with Crippen molar-refractivity contribution in [2.45, 2.75) is 46.3 Å². The fourth-order valence-corrected chi connectivity index (χ4v) is 1.60. The first-order chi connectivity index (χ1) is 7.99. The van der Waals surface area contributed by atoms with Crippen LogP contribution < -0.4 is 11.2 Å². The van der Waals surface area contributed by atoms with Gasteiger partial charge in [0.25, 0.3) is 0 Å². The Morgan fingerprint density at radius 3 is 2.41 bits per heavy atom. The maximum Gasteiger partial charge on any atom is 0.494 e. The quantitative estimate of drug-likeness (QED) is 0.599. The van der Waals surface area contributed by atoms with E-state index < -0.39 is 0 Å². The Hall–Kier alpha value is -0.995. The average molecular weight is 235 g/mol. The van der Waals surface area contributed by atoms with E-state index in [1.165, 1.54) is 0 Å². The second-order valence-corrected chi connectivity index (χ2v) is 4.50. The van der Waals surface area contributed by atoms with Crippen molar-refractivity contribution in [2.24, 2.45) is 0 Å². The fourth-order valence-electron chi connectivity index (χ4n) is 1.60. The SMILES string of the molecule is CC.CC1OB(c2cccc(N)c2)OC1(C)C. The molecule has 2 N–H and O–H groups in total. The van der Waals surface area contributed by atoms with Crippen molar-refractivity contribution in [3.63, 3.8) is 0 Å². The summed E-state index contributed by atoms with van der Waals surface area (Å²) in [6.45, 7) is 10.1. The van der Waals surface area contributed by atoms with Crippen LogP contribution in [0.2, 0.25) is 0 Å². The first kappa shape index (κ1) is 14.1. The summed E-state index contributed by atoms with van der Waals surface area (Å²) in [6, 6.07) is 7.62. The van der Waals surface area contributed by atoms with Crippen molar-refractivity contribution < 1.29 is 9.31 Å². The molecular formula is C13H22BNO2. The van der Waals surface area contributed by atoms with E-state index in [1.54, 1.807) is 0 Å². The van der Waals surface area contributed by atoms with Crippen LogP contribution in [0.25, 0.3) is 0 Å². The van der Waals surface area contributed by atoms with Crippen LogP contribution in [0.3, 0.4) is 0 Å². The van der Waals surface area contributed by atoms with Gasteiger partial charge in [0, 0.05) is 5.69 Å². The average Bonchev–Trinajstić information content (AvgIpc) is 2.56. The van der Waals surface area contributed by atoms with Crippen LogP contribution in [-0.2, 0) is 9.31 Å². The Morgan fingerprint density at radius 1 is 1.29 bits per heavy atom. The zero-order chi connectivity index (χ0) is 13.1. The Bertz CT molecular complexity index is 368. The third-order valence-electron chi connectivity index (χ3n) is 2.90. The Balaban J connectivity index is 0.000000686. The van der Waals surface area contributed by atoms with E-state index in [1.807, 2.05) is 58.9 Å². The molecule has 0 aromatic heterocycles. The van der Waals surface area contributed by atoms with Gasteiger partial charge in [-0.2, -0.15) is 0 Å². The first-order valence-electron chi connectivity index (χ1n) is 6.18. The summed E-state index contributed by atoms with van der Waals surface area (Å²) in [4.78, 5) is 0. The molecule has 0 saturated carbocycles. The number of rotatable bonds is 1. The molecule has 1 aromatic rings. The molecule has 3 nitrogen and oxygen atoms in total. The highest BCUT2D eigenvalue weighted by Crippen LogP contribution is 2.26. The van der Waals surface area contributed by atoms with E-state index >= 15 is 0 Å². The molecule has 1 aliphatic heterocycles. The predicted molar refractivity (Wildman–Crippen MR) is 73.3 cm³/mol. The molecule has 1 heterocycles. The van der Waals surface area contributed by atoms with Gasteiger partial charge in [0.05, 0.1) is 11.7 Å². The van der Waals surface area contributed by atoms with Crippen LogP contribution in [0, 0.1) is 0 Å². The smallest absolute Gasteiger partial charge is 0.402 e. The summed E-state index contributed by atoms with van der Waals surface area (Å²) in [5.74, 6) is 0. The van der Waals surface area contributed by atoms with E-state index in [4.69, 9.17) is 15.0 Å². The second kappa shape index (κ2) is 5.56. The van der Waals surface area contributed by atoms with Crippen LogP contribution in [0.4, 0.5) is 5.69 Å². The van der Waals surface area contributed by atoms with Gasteiger partial charge >= 0.3 is 7.12 Å². The molecule has 0 radical (unpaired) electrons. The molecule has 94 valence electrons. The van der Waals surface area contributed by atoms with Gasteiger partial charge in [-0.15, -0.1) is 0 Å². The highest BCUT2D eigenvalue weighted by atomic mass is 16.7. The van der Waals surface area contributed by atoms with Gasteiger partial charge in [-0.3, -0.25) is 0 Å². The van der Waals surface area contributed by atoms with Gasteiger partial charge in [-0.05, 0) is 38.4 Å². The Kier molecular flexibility index (Phi) is 4.60. The van der Waals surface area contributed by atoms with Gasteiger partial charge < -0.3 is 15.0 Å². The molecule has 1 atom stereocenters. The minimum atomic E-state index is -0.293. The summed E-state index contributed by atoms with van der Waals surface area (Å²) in [5, 5.41) is 0. The van der Waals surface area contributed by atoms with Gasteiger partial charge in [0.15, 0.2) is 0 Å². The van der Waals surface area contributed by atoms with Gasteiger partial charge in [0.1, 0.15) is 0 Å². The number of nitrogens with two attached hydrogens (primary N) is 1. The van der Waals surface area contributed by atoms with Crippen LogP contribution in [0.15, 0.2) is 24.3 Å². The van der Waals surface area contributed by atoms with Gasteiger partial charge in [0.2, 0.25) is 0 Å². The molecule has 2 rings (SSSR count). The fraction of sp³-hybridized carbons (Fsp3) is 0.538. The van der Waals surface area contributed by atoms with E-state index in [0.717, 1.165) is 11.2 Å². The van der Waals surface area contributed by atoms with Crippen LogP contribution >= 0.6 is 0 Å². The number of hydrogen-bond acceptors (Lipinski definition) is 3. The summed E-state index contributed by atoms with van der Waals surface area (Å²) < 4.78 is 11.6. The van der Waals surface area contributed by atoms with Crippen molar-refractivity contribution in [2.75, 3.05) is 5.73 Å². The molecule has 1 aliphatic rings. The number of anilines is 1. The summed E-state index contributed by atoms with van der Waals surface area (Å²) in [6.07, 6.45) is 0.0870. The topological polar surface area (TPSA) is 44.5 Å². The summed E-state index contributed by atoms with van der Waals surface area (Å²) >= 11 is 0. The molecule has 17 heavy (non-hydrogen) atoms. The number of hydrogen-bond donors (Lipinski definition) is 1. The molecule has 1 unspecified atom stereocenters. The minimum absolute atomic E-state index is 0.0870. The van der Waals surface area contributed by atoms with Crippen molar-refractivity contribution in [1.82, 2.24) is 0 Å². The first-order valence-corrected chi connectivity index (χ1v) is 6.18. The maximum atomic E-state index is 5.82. The normalized spacial score (nSPS) is 21.9. The third kappa shape index (κ3) is 3.24. The molecule has 0 bridgehead atoms. The molecule has 4 heteroatoms. The van der Waals surface area contributed by atoms with E-state index in [-0.39, 0.29) is 18.8 Å². The molecule has 0 amide bonds. The summed E-state index contributed by atoms with van der Waals surface area (Å²) in [7, 11) is -0.293. The molecule has 0 spiro atoms. The molecular weight excluding hydrogens is 213 g/mol. The highest BCUT2D eigenvalue weighted by Gasteiger charge is 2.43. The van der Waals surface area contributed by atoms with Crippen molar-refractivity contribution in [3.05, 3.63) is 24.3 Å². The minimum Gasteiger partial charge on any atom is -0.402 e. The maximum absolute atomic E-state index is 5.82. The standard InChI is InChI=1S/C11H16BNO2.C2H6/c1-8-11(2,3)15-12(14-8)9-5-4-6-10(13)7-9;1-2/h4-8H,13H2,1-3H3;1-2H3. The molecule has 1 saturated heterocycles. The monoisotopic (exact) mass is 235 g/mol. The zero-order valence-corrected chi connectivity index (χ0v) is 11.4. The van der Waals surface area contributed by atoms with Crippen molar-refractivity contribution >= 4 is 18.3 Å².